The van der Waals surface area contributed by atoms with Gasteiger partial charge in [0.2, 0.25) is 5.91 Å². The first-order valence-electron chi connectivity index (χ1n) is 12.7. The Kier molecular flexibility index (Phi) is 8.31. The van der Waals surface area contributed by atoms with Crippen molar-refractivity contribution in [3.05, 3.63) is 59.7 Å². The number of carbonyl (C=O) groups excluding carboxylic acids is 3. The van der Waals surface area contributed by atoms with Gasteiger partial charge in [-0.1, -0.05) is 24.3 Å². The standard InChI is InChI=1S/C27H32FN7O5/c1-17(36)29-13-21-15-35(26(38)39-21)20-10-11-22(23(28)12-20)19-8-6-18(7-9-19)14-34(25(37)40-27(2,3)4)16-24-30-32-33(5)31-24/h6-12,21H,13-16H2,1-5H3,(H,29,36). The lowest BCUT2D eigenvalue weighted by Crippen LogP contribution is -2.36. The maximum Gasteiger partial charge on any atom is 0.414 e. The number of amides is 3. The summed E-state index contributed by atoms with van der Waals surface area (Å²) in [4.78, 5) is 40.4. The first-order chi connectivity index (χ1) is 18.9. The van der Waals surface area contributed by atoms with Crippen molar-refractivity contribution in [2.24, 2.45) is 7.05 Å². The van der Waals surface area contributed by atoms with Crippen molar-refractivity contribution in [2.75, 3.05) is 18.0 Å². The smallest absolute Gasteiger partial charge is 0.414 e. The van der Waals surface area contributed by atoms with Crippen LogP contribution in [0.5, 0.6) is 0 Å². The molecule has 2 heterocycles. The van der Waals surface area contributed by atoms with Gasteiger partial charge in [-0.2, -0.15) is 4.80 Å². The molecule has 3 aromatic rings. The molecule has 1 fully saturated rings. The van der Waals surface area contributed by atoms with Crippen LogP contribution in [0.25, 0.3) is 11.1 Å². The molecule has 0 radical (unpaired) electrons. The molecule has 1 aliphatic rings. The summed E-state index contributed by atoms with van der Waals surface area (Å²) in [6.45, 7) is 7.44. The molecular weight excluding hydrogens is 521 g/mol. The van der Waals surface area contributed by atoms with Crippen molar-refractivity contribution < 1.29 is 28.2 Å². The summed E-state index contributed by atoms with van der Waals surface area (Å²) in [7, 11) is 1.64. The number of aromatic nitrogens is 4. The molecule has 1 unspecified atom stereocenters. The minimum absolute atomic E-state index is 0.102. The third kappa shape index (κ3) is 7.30. The van der Waals surface area contributed by atoms with Crippen molar-refractivity contribution in [3.63, 3.8) is 0 Å². The van der Waals surface area contributed by atoms with Gasteiger partial charge >= 0.3 is 12.2 Å². The molecule has 212 valence electrons. The number of tetrazole rings is 1. The second-order valence-electron chi connectivity index (χ2n) is 10.4. The first kappa shape index (κ1) is 28.5. The van der Waals surface area contributed by atoms with E-state index in [1.165, 1.54) is 27.6 Å². The largest absolute Gasteiger partial charge is 0.444 e. The summed E-state index contributed by atoms with van der Waals surface area (Å²) in [6, 6.07) is 11.6. The van der Waals surface area contributed by atoms with E-state index in [0.29, 0.717) is 22.6 Å². The van der Waals surface area contributed by atoms with Crippen molar-refractivity contribution >= 4 is 23.8 Å². The van der Waals surface area contributed by atoms with Crippen molar-refractivity contribution in [1.82, 2.24) is 30.4 Å². The van der Waals surface area contributed by atoms with Crippen LogP contribution in [0.4, 0.5) is 19.7 Å². The van der Waals surface area contributed by atoms with E-state index in [0.717, 1.165) is 5.56 Å². The Hall–Kier alpha value is -4.55. The van der Waals surface area contributed by atoms with Crippen LogP contribution in [0.1, 0.15) is 39.1 Å². The average molecular weight is 554 g/mol. The zero-order valence-corrected chi connectivity index (χ0v) is 23.0. The first-order valence-corrected chi connectivity index (χ1v) is 12.7. The lowest BCUT2D eigenvalue weighted by molar-refractivity contribution is -0.119. The molecule has 1 N–H and O–H groups in total. The number of rotatable bonds is 8. The van der Waals surface area contributed by atoms with E-state index in [4.69, 9.17) is 9.47 Å². The molecule has 0 spiro atoms. The van der Waals surface area contributed by atoms with Gasteiger partial charge in [-0.3, -0.25) is 14.6 Å². The molecule has 0 saturated carbocycles. The fourth-order valence-electron chi connectivity index (χ4n) is 4.08. The third-order valence-corrected chi connectivity index (χ3v) is 5.89. The van der Waals surface area contributed by atoms with Crippen LogP contribution in [0.15, 0.2) is 42.5 Å². The van der Waals surface area contributed by atoms with Crippen LogP contribution in [0.3, 0.4) is 0 Å². The molecule has 3 amide bonds. The van der Waals surface area contributed by atoms with Crippen LogP contribution in [-0.2, 0) is 34.4 Å². The molecule has 1 atom stereocenters. The van der Waals surface area contributed by atoms with Crippen LogP contribution in [0.2, 0.25) is 0 Å². The van der Waals surface area contributed by atoms with E-state index in [1.807, 2.05) is 0 Å². The fraction of sp³-hybridized carbons (Fsp3) is 0.407. The third-order valence-electron chi connectivity index (χ3n) is 5.89. The second-order valence-corrected chi connectivity index (χ2v) is 10.4. The Labute approximate surface area is 231 Å². The zero-order valence-electron chi connectivity index (χ0n) is 23.0. The highest BCUT2D eigenvalue weighted by atomic mass is 19.1. The number of benzene rings is 2. The molecule has 40 heavy (non-hydrogen) atoms. The lowest BCUT2D eigenvalue weighted by atomic mass is 10.0. The number of hydrogen-bond acceptors (Lipinski definition) is 8. The predicted octanol–water partition coefficient (Wildman–Crippen LogP) is 3.41. The highest BCUT2D eigenvalue weighted by Crippen LogP contribution is 2.29. The minimum Gasteiger partial charge on any atom is -0.444 e. The molecule has 4 rings (SSSR count). The summed E-state index contributed by atoms with van der Waals surface area (Å²) in [6.07, 6.45) is -1.64. The maximum absolute atomic E-state index is 15.2. The molecule has 0 aliphatic carbocycles. The van der Waals surface area contributed by atoms with E-state index >= 15 is 4.39 Å². The summed E-state index contributed by atoms with van der Waals surface area (Å²) in [5.41, 5.74) is 1.45. The number of ether oxygens (including phenoxy) is 2. The lowest BCUT2D eigenvalue weighted by Gasteiger charge is -2.26. The Balaban J connectivity index is 1.46. The highest BCUT2D eigenvalue weighted by Gasteiger charge is 2.32. The normalized spacial score (nSPS) is 15.1. The molecule has 1 aliphatic heterocycles. The number of cyclic esters (lactones) is 1. The van der Waals surface area contributed by atoms with Gasteiger partial charge in [0.05, 0.1) is 32.4 Å². The van der Waals surface area contributed by atoms with E-state index < -0.39 is 29.7 Å². The molecule has 1 saturated heterocycles. The van der Waals surface area contributed by atoms with E-state index in [1.54, 1.807) is 64.2 Å². The minimum atomic E-state index is -0.684. The monoisotopic (exact) mass is 553 g/mol. The number of halogens is 1. The maximum atomic E-state index is 15.2. The van der Waals surface area contributed by atoms with Crippen LogP contribution in [-0.4, -0.2) is 68.0 Å². The molecule has 13 heteroatoms. The van der Waals surface area contributed by atoms with Gasteiger partial charge in [0.1, 0.15) is 17.5 Å². The molecule has 0 bridgehead atoms. The van der Waals surface area contributed by atoms with Crippen LogP contribution >= 0.6 is 0 Å². The second kappa shape index (κ2) is 11.7. The van der Waals surface area contributed by atoms with E-state index in [-0.39, 0.29) is 32.1 Å². The number of anilines is 1. The zero-order chi connectivity index (χ0) is 29.0. The Morgan fingerprint density at radius 2 is 1.90 bits per heavy atom. The average Bonchev–Trinajstić information content (AvgIpc) is 3.46. The number of carbonyl (C=O) groups is 3. The Morgan fingerprint density at radius 1 is 1.18 bits per heavy atom. The van der Waals surface area contributed by atoms with Gasteiger partial charge in [-0.25, -0.2) is 14.0 Å². The van der Waals surface area contributed by atoms with Gasteiger partial charge < -0.3 is 14.8 Å². The number of hydrogen-bond donors (Lipinski definition) is 1. The summed E-state index contributed by atoms with van der Waals surface area (Å²) in [5.74, 6) is -0.362. The summed E-state index contributed by atoms with van der Waals surface area (Å²) in [5, 5.41) is 14.5. The fourth-order valence-corrected chi connectivity index (χ4v) is 4.08. The van der Waals surface area contributed by atoms with Gasteiger partial charge in [-0.05, 0) is 55.3 Å². The van der Waals surface area contributed by atoms with Crippen molar-refractivity contribution in [2.45, 2.75) is 52.5 Å². The number of aryl methyl sites for hydroxylation is 1. The molecule has 2 aromatic carbocycles. The van der Waals surface area contributed by atoms with Crippen molar-refractivity contribution in [1.29, 1.82) is 0 Å². The highest BCUT2D eigenvalue weighted by molar-refractivity contribution is 5.90. The Bertz CT molecular complexity index is 1390. The topological polar surface area (TPSA) is 132 Å². The predicted molar refractivity (Wildman–Crippen MR) is 142 cm³/mol. The van der Waals surface area contributed by atoms with Crippen LogP contribution in [0, 0.1) is 5.82 Å². The summed E-state index contributed by atoms with van der Waals surface area (Å²) >= 11 is 0. The van der Waals surface area contributed by atoms with Crippen LogP contribution < -0.4 is 10.2 Å². The van der Waals surface area contributed by atoms with Gasteiger partial charge in [0, 0.05) is 19.0 Å². The number of nitrogens with one attached hydrogen (secondary N) is 1. The van der Waals surface area contributed by atoms with Crippen molar-refractivity contribution in [3.8, 4) is 11.1 Å². The Morgan fingerprint density at radius 3 is 2.50 bits per heavy atom. The molecular formula is C27H32FN7O5. The number of nitrogens with zero attached hydrogens (tertiary/aromatic N) is 6. The summed E-state index contributed by atoms with van der Waals surface area (Å²) < 4.78 is 26.0. The molecule has 12 nitrogen and oxygen atoms in total. The SMILES string of the molecule is CC(=O)NCC1CN(c2ccc(-c3ccc(CN(Cc4nnn(C)n4)C(=O)OC(C)(C)C)cc3)c(F)c2)C(=O)O1. The van der Waals surface area contributed by atoms with Gasteiger partial charge in [-0.15, -0.1) is 10.2 Å². The van der Waals surface area contributed by atoms with Gasteiger partial charge in [0.15, 0.2) is 5.82 Å². The molecule has 1 aromatic heterocycles. The van der Waals surface area contributed by atoms with Gasteiger partial charge in [0.25, 0.3) is 0 Å². The van der Waals surface area contributed by atoms with E-state index in [2.05, 4.69) is 20.7 Å². The van der Waals surface area contributed by atoms with E-state index in [9.17, 15) is 14.4 Å². The quantitative estimate of drug-likeness (QED) is 0.449.